The van der Waals surface area contributed by atoms with Gasteiger partial charge in [0.05, 0.1) is 45.4 Å². The third-order valence-corrected chi connectivity index (χ3v) is 6.62. The Kier molecular flexibility index (Phi) is 8.91. The molecule has 0 saturated heterocycles. The molecule has 0 saturated carbocycles. The van der Waals surface area contributed by atoms with Gasteiger partial charge in [-0.3, -0.25) is 0 Å². The van der Waals surface area contributed by atoms with Crippen molar-refractivity contribution >= 4 is 58.3 Å². The molecule has 0 amide bonds. The fourth-order valence-electron chi connectivity index (χ4n) is 2.91. The van der Waals surface area contributed by atoms with E-state index in [1.54, 1.807) is 48.5 Å². The van der Waals surface area contributed by atoms with Crippen LogP contribution in [-0.2, 0) is 22.7 Å². The lowest BCUT2D eigenvalue weighted by Gasteiger charge is -2.17. The highest BCUT2D eigenvalue weighted by Gasteiger charge is 2.21. The number of rotatable bonds is 8. The molecule has 0 aromatic heterocycles. The second kappa shape index (κ2) is 11.7. The van der Waals surface area contributed by atoms with E-state index in [1.165, 1.54) is 14.2 Å². The molecule has 0 aliphatic heterocycles. The third kappa shape index (κ3) is 5.88. The van der Waals surface area contributed by atoms with Crippen LogP contribution in [-0.4, -0.2) is 26.2 Å². The fourth-order valence-corrected chi connectivity index (χ4v) is 4.07. The van der Waals surface area contributed by atoms with Crippen molar-refractivity contribution in [1.82, 2.24) is 0 Å². The van der Waals surface area contributed by atoms with E-state index in [-0.39, 0.29) is 33.3 Å². The molecular weight excluding hydrogens is 526 g/mol. The molecule has 6 nitrogen and oxygen atoms in total. The number of halogens is 4. The third-order valence-electron chi connectivity index (χ3n) is 4.76. The maximum Gasteiger partial charge on any atom is 0.337 e. The summed E-state index contributed by atoms with van der Waals surface area (Å²) < 4.78 is 20.9. The minimum absolute atomic E-state index is 0.00699. The number of benzene rings is 3. The first-order valence-corrected chi connectivity index (χ1v) is 11.2. The molecule has 34 heavy (non-hydrogen) atoms. The van der Waals surface area contributed by atoms with Crippen molar-refractivity contribution in [3.8, 4) is 11.5 Å². The molecule has 0 aliphatic rings. The second-order valence-corrected chi connectivity index (χ2v) is 8.33. The Morgan fingerprint density at radius 3 is 1.26 bits per heavy atom. The molecule has 178 valence electrons. The minimum atomic E-state index is -0.452. The van der Waals surface area contributed by atoms with Gasteiger partial charge in [0.25, 0.3) is 0 Å². The van der Waals surface area contributed by atoms with Crippen molar-refractivity contribution in [2.75, 3.05) is 14.2 Å². The quantitative estimate of drug-likeness (QED) is 0.172. The largest absolute Gasteiger partial charge is 0.489 e. The van der Waals surface area contributed by atoms with Crippen LogP contribution in [0.25, 0.3) is 0 Å². The lowest BCUT2D eigenvalue weighted by molar-refractivity contribution is 0.0591. The molecule has 3 rings (SSSR count). The molecule has 0 N–H and O–H groups in total. The van der Waals surface area contributed by atoms with Crippen molar-refractivity contribution in [2.45, 2.75) is 13.2 Å². The molecule has 10 heteroatoms. The number of hydrogen-bond donors (Lipinski definition) is 0. The van der Waals surface area contributed by atoms with Crippen molar-refractivity contribution in [3.05, 3.63) is 90.9 Å². The molecule has 0 spiro atoms. The highest BCUT2D eigenvalue weighted by atomic mass is 35.5. The van der Waals surface area contributed by atoms with Crippen molar-refractivity contribution in [1.29, 1.82) is 0 Å². The van der Waals surface area contributed by atoms with Crippen LogP contribution in [0.2, 0.25) is 20.1 Å². The summed E-state index contributed by atoms with van der Waals surface area (Å²) in [4.78, 5) is 23.1. The maximum atomic E-state index is 11.6. The van der Waals surface area contributed by atoms with Gasteiger partial charge in [0.15, 0.2) is 0 Å². The van der Waals surface area contributed by atoms with E-state index in [1.807, 2.05) is 0 Å². The molecule has 0 aliphatic carbocycles. The Morgan fingerprint density at radius 2 is 0.941 bits per heavy atom. The second-order valence-electron chi connectivity index (χ2n) is 6.82. The number of ether oxygens (including phenoxy) is 4. The van der Waals surface area contributed by atoms with E-state index in [2.05, 4.69) is 9.47 Å². The lowest BCUT2D eigenvalue weighted by Crippen LogP contribution is -2.05. The Bertz CT molecular complexity index is 1100. The number of hydrogen-bond acceptors (Lipinski definition) is 6. The van der Waals surface area contributed by atoms with Gasteiger partial charge in [0, 0.05) is 11.1 Å². The van der Waals surface area contributed by atoms with Crippen LogP contribution in [0.1, 0.15) is 31.8 Å². The fraction of sp³-hybridized carbons (Fsp3) is 0.167. The summed E-state index contributed by atoms with van der Waals surface area (Å²) in [6, 6.07) is 12.8. The molecule has 0 heterocycles. The van der Waals surface area contributed by atoms with Crippen LogP contribution < -0.4 is 9.47 Å². The minimum Gasteiger partial charge on any atom is -0.489 e. The zero-order chi connectivity index (χ0) is 24.8. The van der Waals surface area contributed by atoms with E-state index >= 15 is 0 Å². The molecule has 3 aromatic rings. The lowest BCUT2D eigenvalue weighted by atomic mass is 10.1. The van der Waals surface area contributed by atoms with Crippen LogP contribution in [0.5, 0.6) is 11.5 Å². The topological polar surface area (TPSA) is 71.1 Å². The van der Waals surface area contributed by atoms with Crippen LogP contribution in [0.3, 0.4) is 0 Å². The Hall–Kier alpha value is -2.64. The Balaban J connectivity index is 1.77. The standard InChI is InChI=1S/C24H18Cl4O6/c1-31-23(29)13-3-7-15(8-4-13)33-11-17-19(25)18(21(27)22(28)20(17)26)12-34-16-9-5-14(6-10-16)24(30)32-2/h3-10H,11-12H2,1-2H3. The van der Waals surface area contributed by atoms with E-state index in [0.29, 0.717) is 33.8 Å². The first kappa shape index (κ1) is 26.0. The molecule has 0 atom stereocenters. The molecule has 0 fully saturated rings. The summed E-state index contributed by atoms with van der Waals surface area (Å²) in [6.07, 6.45) is 0. The first-order chi connectivity index (χ1) is 16.3. The van der Waals surface area contributed by atoms with Gasteiger partial charge in [0.2, 0.25) is 0 Å². The van der Waals surface area contributed by atoms with Crippen molar-refractivity contribution in [3.63, 3.8) is 0 Å². The van der Waals surface area contributed by atoms with Gasteiger partial charge >= 0.3 is 11.9 Å². The normalized spacial score (nSPS) is 10.5. The highest BCUT2D eigenvalue weighted by Crippen LogP contribution is 2.42. The predicted molar refractivity (Wildman–Crippen MR) is 131 cm³/mol. The summed E-state index contributed by atoms with van der Waals surface area (Å²) >= 11 is 25.7. The molecule has 0 unspecified atom stereocenters. The SMILES string of the molecule is COC(=O)c1ccc(OCc2c(Cl)c(Cl)c(Cl)c(COc3ccc(C(=O)OC)cc3)c2Cl)cc1. The molecular formula is C24H18Cl4O6. The van der Waals surface area contributed by atoms with Crippen LogP contribution in [0, 0.1) is 0 Å². The number of esters is 2. The zero-order valence-corrected chi connectivity index (χ0v) is 21.0. The smallest absolute Gasteiger partial charge is 0.337 e. The van der Waals surface area contributed by atoms with Crippen molar-refractivity contribution < 1.29 is 28.5 Å². The maximum absolute atomic E-state index is 11.6. The van der Waals surface area contributed by atoms with Crippen LogP contribution in [0.4, 0.5) is 0 Å². The van der Waals surface area contributed by atoms with Gasteiger partial charge in [-0.05, 0) is 48.5 Å². The Morgan fingerprint density at radius 1 is 0.588 bits per heavy atom. The van der Waals surface area contributed by atoms with Gasteiger partial charge in [-0.15, -0.1) is 0 Å². The summed E-state index contributed by atoms with van der Waals surface area (Å²) in [5, 5.41) is 0.687. The summed E-state index contributed by atoms with van der Waals surface area (Å²) in [5.74, 6) is 0.0575. The van der Waals surface area contributed by atoms with Gasteiger partial charge < -0.3 is 18.9 Å². The van der Waals surface area contributed by atoms with Crippen LogP contribution >= 0.6 is 46.4 Å². The van der Waals surface area contributed by atoms with Gasteiger partial charge in [-0.2, -0.15) is 0 Å². The average Bonchev–Trinajstić information content (AvgIpc) is 2.87. The zero-order valence-electron chi connectivity index (χ0n) is 18.0. The van der Waals surface area contributed by atoms with E-state index < -0.39 is 11.9 Å². The van der Waals surface area contributed by atoms with Gasteiger partial charge in [-0.25, -0.2) is 9.59 Å². The van der Waals surface area contributed by atoms with E-state index in [9.17, 15) is 9.59 Å². The molecule has 0 radical (unpaired) electrons. The Labute approximate surface area is 216 Å². The van der Waals surface area contributed by atoms with Crippen molar-refractivity contribution in [2.24, 2.45) is 0 Å². The van der Waals surface area contributed by atoms with E-state index in [0.717, 1.165) is 0 Å². The summed E-state index contributed by atoms with van der Waals surface area (Å²) in [6.45, 7) is -0.0140. The summed E-state index contributed by atoms with van der Waals surface area (Å²) in [5.41, 5.74) is 1.63. The molecule has 3 aromatic carbocycles. The predicted octanol–water partition coefficient (Wildman–Crippen LogP) is 7.03. The number of methoxy groups -OCH3 is 2. The average molecular weight is 544 g/mol. The number of carbonyl (C=O) groups is 2. The summed E-state index contributed by atoms with van der Waals surface area (Å²) in [7, 11) is 2.61. The first-order valence-electron chi connectivity index (χ1n) is 9.72. The molecule has 0 bridgehead atoms. The van der Waals surface area contributed by atoms with Gasteiger partial charge in [0.1, 0.15) is 24.7 Å². The monoisotopic (exact) mass is 542 g/mol. The highest BCUT2D eigenvalue weighted by molar-refractivity contribution is 6.50. The number of carbonyl (C=O) groups excluding carboxylic acids is 2. The van der Waals surface area contributed by atoms with Gasteiger partial charge in [-0.1, -0.05) is 46.4 Å². The van der Waals surface area contributed by atoms with Crippen LogP contribution in [0.15, 0.2) is 48.5 Å². The van der Waals surface area contributed by atoms with E-state index in [4.69, 9.17) is 55.9 Å².